The highest BCUT2D eigenvalue weighted by atomic mass is 16.5. The van der Waals surface area contributed by atoms with Gasteiger partial charge in [-0.3, -0.25) is 4.79 Å². The van der Waals surface area contributed by atoms with E-state index in [0.29, 0.717) is 25.1 Å². The molecular weight excluding hydrogens is 456 g/mol. The Morgan fingerprint density at radius 2 is 1.36 bits per heavy atom. The number of carbonyl (C=O) groups excluding carboxylic acids is 3. The van der Waals surface area contributed by atoms with Gasteiger partial charge in [-0.05, 0) is 41.2 Å². The predicted molar refractivity (Wildman–Crippen MR) is 137 cm³/mol. The van der Waals surface area contributed by atoms with Crippen molar-refractivity contribution in [1.29, 1.82) is 0 Å². The summed E-state index contributed by atoms with van der Waals surface area (Å²) in [5, 5.41) is 5.34. The summed E-state index contributed by atoms with van der Waals surface area (Å²) in [6.07, 6.45) is 0.321. The first-order chi connectivity index (χ1) is 17.4. The van der Waals surface area contributed by atoms with E-state index in [0.717, 1.165) is 16.7 Å². The van der Waals surface area contributed by atoms with Crippen molar-refractivity contribution in [3.05, 3.63) is 102 Å². The minimum absolute atomic E-state index is 0.0983. The number of ether oxygens (including phenoxy) is 2. The Morgan fingerprint density at radius 1 is 0.778 bits per heavy atom. The van der Waals surface area contributed by atoms with Gasteiger partial charge in [-0.25, -0.2) is 4.79 Å². The lowest BCUT2D eigenvalue weighted by Crippen LogP contribution is -2.52. The molecule has 0 aliphatic heterocycles. The van der Waals surface area contributed by atoms with Crippen LogP contribution < -0.4 is 15.4 Å². The highest BCUT2D eigenvalue weighted by Gasteiger charge is 2.26. The fourth-order valence-electron chi connectivity index (χ4n) is 3.55. The minimum Gasteiger partial charge on any atom is -0.489 e. The number of amides is 2. The molecule has 0 fully saturated rings. The van der Waals surface area contributed by atoms with Crippen LogP contribution in [0.15, 0.2) is 84.9 Å². The van der Waals surface area contributed by atoms with E-state index in [1.54, 1.807) is 0 Å². The lowest BCUT2D eigenvalue weighted by atomic mass is 10.0. The van der Waals surface area contributed by atoms with Gasteiger partial charge in [-0.2, -0.15) is 0 Å². The number of nitrogens with one attached hydrogen (secondary N) is 2. The van der Waals surface area contributed by atoms with Crippen LogP contribution in [0.1, 0.15) is 30.5 Å². The number of hydrogen-bond donors (Lipinski definition) is 2. The average molecular weight is 489 g/mol. The van der Waals surface area contributed by atoms with Crippen molar-refractivity contribution in [3.8, 4) is 5.75 Å². The second kappa shape index (κ2) is 13.7. The molecule has 3 aromatic carbocycles. The Kier molecular flexibility index (Phi) is 10.1. The molecule has 36 heavy (non-hydrogen) atoms. The molecule has 0 aromatic heterocycles. The third-order valence-corrected chi connectivity index (χ3v) is 5.55. The molecule has 0 radical (unpaired) electrons. The Hall–Kier alpha value is -4.13. The summed E-state index contributed by atoms with van der Waals surface area (Å²) in [4.78, 5) is 36.8. The van der Waals surface area contributed by atoms with Crippen molar-refractivity contribution in [2.75, 3.05) is 0 Å². The second-order valence-electron chi connectivity index (χ2n) is 8.80. The smallest absolute Gasteiger partial charge is 0.408 e. The number of alkyl carbamates (subject to hydrolysis) is 1. The van der Waals surface area contributed by atoms with E-state index >= 15 is 0 Å². The second-order valence-corrected chi connectivity index (χ2v) is 8.80. The van der Waals surface area contributed by atoms with Crippen LogP contribution in [-0.2, 0) is 34.0 Å². The molecule has 3 rings (SSSR count). The maximum Gasteiger partial charge on any atom is 0.408 e. The van der Waals surface area contributed by atoms with Gasteiger partial charge in [-0.1, -0.05) is 86.6 Å². The van der Waals surface area contributed by atoms with E-state index in [9.17, 15) is 14.4 Å². The molecule has 188 valence electrons. The first kappa shape index (κ1) is 26.5. The van der Waals surface area contributed by atoms with Crippen molar-refractivity contribution in [3.63, 3.8) is 0 Å². The SMILES string of the molecule is CC(C)[C@H](NC(=O)OCc1ccccc1)C(=O)N[C@H](C=O)Cc1ccc(OCc2ccccc2)cc1. The lowest BCUT2D eigenvalue weighted by Gasteiger charge is -2.23. The van der Waals surface area contributed by atoms with Crippen LogP contribution in [0.3, 0.4) is 0 Å². The molecule has 0 aliphatic carbocycles. The summed E-state index contributed by atoms with van der Waals surface area (Å²) in [5.41, 5.74) is 2.79. The van der Waals surface area contributed by atoms with E-state index in [2.05, 4.69) is 10.6 Å². The lowest BCUT2D eigenvalue weighted by molar-refractivity contribution is -0.126. The summed E-state index contributed by atoms with van der Waals surface area (Å²) in [6, 6.07) is 25.0. The molecule has 0 saturated carbocycles. The fourth-order valence-corrected chi connectivity index (χ4v) is 3.55. The molecule has 0 unspecified atom stereocenters. The van der Waals surface area contributed by atoms with Crippen LogP contribution in [-0.4, -0.2) is 30.4 Å². The maximum atomic E-state index is 12.9. The Morgan fingerprint density at radius 3 is 1.92 bits per heavy atom. The van der Waals surface area contributed by atoms with Gasteiger partial charge in [0.1, 0.15) is 31.3 Å². The molecule has 2 N–H and O–H groups in total. The van der Waals surface area contributed by atoms with Gasteiger partial charge in [0, 0.05) is 0 Å². The molecule has 0 saturated heterocycles. The zero-order chi connectivity index (χ0) is 25.8. The zero-order valence-corrected chi connectivity index (χ0v) is 20.6. The van der Waals surface area contributed by atoms with Crippen LogP contribution >= 0.6 is 0 Å². The van der Waals surface area contributed by atoms with Crippen LogP contribution in [0.2, 0.25) is 0 Å². The first-order valence-corrected chi connectivity index (χ1v) is 11.9. The largest absolute Gasteiger partial charge is 0.489 e. The van der Waals surface area contributed by atoms with E-state index in [4.69, 9.17) is 9.47 Å². The van der Waals surface area contributed by atoms with Crippen molar-refractivity contribution < 1.29 is 23.9 Å². The molecule has 0 aliphatic rings. The molecule has 7 nitrogen and oxygen atoms in total. The Labute approximate surface area is 211 Å². The van der Waals surface area contributed by atoms with Gasteiger partial charge in [-0.15, -0.1) is 0 Å². The molecule has 2 atom stereocenters. The predicted octanol–water partition coefficient (Wildman–Crippen LogP) is 4.44. The normalized spacial score (nSPS) is 12.3. The first-order valence-electron chi connectivity index (χ1n) is 11.9. The molecular formula is C29H32N2O5. The quantitative estimate of drug-likeness (QED) is 0.368. The summed E-state index contributed by atoms with van der Waals surface area (Å²) in [7, 11) is 0. The highest BCUT2D eigenvalue weighted by molar-refractivity contribution is 5.87. The average Bonchev–Trinajstić information content (AvgIpc) is 2.90. The zero-order valence-electron chi connectivity index (χ0n) is 20.6. The maximum absolute atomic E-state index is 12.9. The number of benzene rings is 3. The van der Waals surface area contributed by atoms with Gasteiger partial charge in [0.15, 0.2) is 0 Å². The van der Waals surface area contributed by atoms with Crippen LogP contribution in [0.4, 0.5) is 4.79 Å². The highest BCUT2D eigenvalue weighted by Crippen LogP contribution is 2.15. The number of carbonyl (C=O) groups is 3. The standard InChI is InChI=1S/C29H32N2O5/c1-21(2)27(31-29(34)36-20-24-11-7-4-8-12-24)28(33)30-25(18-32)17-22-13-15-26(16-14-22)35-19-23-9-5-3-6-10-23/h3-16,18,21,25,27H,17,19-20H2,1-2H3,(H,30,33)(H,31,34)/t25-,27-/m0/s1. The molecule has 7 heteroatoms. The van der Waals surface area contributed by atoms with Gasteiger partial charge in [0.05, 0.1) is 6.04 Å². The van der Waals surface area contributed by atoms with Crippen molar-refractivity contribution in [1.82, 2.24) is 10.6 Å². The molecule has 0 heterocycles. The van der Waals surface area contributed by atoms with Crippen LogP contribution in [0.25, 0.3) is 0 Å². The third kappa shape index (κ3) is 8.58. The van der Waals surface area contributed by atoms with Gasteiger partial charge in [0.2, 0.25) is 5.91 Å². The van der Waals surface area contributed by atoms with Gasteiger partial charge >= 0.3 is 6.09 Å². The third-order valence-electron chi connectivity index (χ3n) is 5.55. The van der Waals surface area contributed by atoms with E-state index in [1.807, 2.05) is 98.8 Å². The van der Waals surface area contributed by atoms with Crippen molar-refractivity contribution in [2.45, 2.75) is 45.6 Å². The molecule has 0 bridgehead atoms. The number of aldehydes is 1. The summed E-state index contributed by atoms with van der Waals surface area (Å²) >= 11 is 0. The topological polar surface area (TPSA) is 93.7 Å². The Balaban J connectivity index is 1.50. The summed E-state index contributed by atoms with van der Waals surface area (Å²) < 4.78 is 11.0. The Bertz CT molecular complexity index is 1100. The van der Waals surface area contributed by atoms with E-state index in [-0.39, 0.29) is 12.5 Å². The van der Waals surface area contributed by atoms with E-state index < -0.39 is 24.1 Å². The molecule has 3 aromatic rings. The van der Waals surface area contributed by atoms with Crippen molar-refractivity contribution >= 4 is 18.3 Å². The summed E-state index contributed by atoms with van der Waals surface area (Å²) in [6.45, 7) is 4.18. The monoisotopic (exact) mass is 488 g/mol. The van der Waals surface area contributed by atoms with Gasteiger partial charge < -0.3 is 24.9 Å². The van der Waals surface area contributed by atoms with Crippen LogP contribution in [0.5, 0.6) is 5.75 Å². The van der Waals surface area contributed by atoms with Crippen molar-refractivity contribution in [2.24, 2.45) is 5.92 Å². The summed E-state index contributed by atoms with van der Waals surface area (Å²) in [5.74, 6) is 0.0663. The molecule has 0 spiro atoms. The van der Waals surface area contributed by atoms with E-state index in [1.165, 1.54) is 0 Å². The van der Waals surface area contributed by atoms with Gasteiger partial charge in [0.25, 0.3) is 0 Å². The minimum atomic E-state index is -0.843. The van der Waals surface area contributed by atoms with Crippen LogP contribution in [0, 0.1) is 5.92 Å². The molecule has 2 amide bonds. The number of rotatable bonds is 12. The number of hydrogen-bond acceptors (Lipinski definition) is 5. The fraction of sp³-hybridized carbons (Fsp3) is 0.276.